The molecule has 0 saturated heterocycles. The molecule has 18 heavy (non-hydrogen) atoms. The second-order valence-electron chi connectivity index (χ2n) is 3.31. The van der Waals surface area contributed by atoms with E-state index in [1.165, 1.54) is 10.9 Å². The van der Waals surface area contributed by atoms with Gasteiger partial charge in [0, 0.05) is 6.20 Å². The van der Waals surface area contributed by atoms with Crippen LogP contribution >= 0.6 is 0 Å². The number of hydrogen-bond donors (Lipinski definition) is 2. The molecule has 0 bridgehead atoms. The van der Waals surface area contributed by atoms with E-state index < -0.39 is 17.8 Å². The van der Waals surface area contributed by atoms with Gasteiger partial charge in [-0.05, 0) is 6.92 Å². The number of esters is 1. The maximum absolute atomic E-state index is 11.4. The number of aromatic nitrogens is 2. The van der Waals surface area contributed by atoms with Crippen LogP contribution in [-0.2, 0) is 20.9 Å². The molecule has 0 radical (unpaired) electrons. The highest BCUT2D eigenvalue weighted by atomic mass is 16.5. The van der Waals surface area contributed by atoms with Gasteiger partial charge in [-0.2, -0.15) is 5.10 Å². The van der Waals surface area contributed by atoms with Gasteiger partial charge in [-0.25, -0.2) is 4.79 Å². The van der Waals surface area contributed by atoms with Gasteiger partial charge in [0.1, 0.15) is 13.1 Å². The Kier molecular flexibility index (Phi) is 4.85. The van der Waals surface area contributed by atoms with Gasteiger partial charge in [0.25, 0.3) is 0 Å². The maximum atomic E-state index is 11.4. The molecule has 0 aromatic carbocycles. The fourth-order valence-electron chi connectivity index (χ4n) is 1.15. The maximum Gasteiger partial charge on any atom is 0.338 e. The van der Waals surface area contributed by atoms with Gasteiger partial charge in [0.15, 0.2) is 0 Å². The van der Waals surface area contributed by atoms with Crippen LogP contribution in [0.15, 0.2) is 12.4 Å². The molecule has 0 atom stereocenters. The molecule has 0 aliphatic carbocycles. The Hall–Kier alpha value is -2.38. The zero-order valence-electron chi connectivity index (χ0n) is 9.75. The van der Waals surface area contributed by atoms with Crippen LogP contribution in [-0.4, -0.2) is 45.9 Å². The Bertz CT molecular complexity index is 454. The summed E-state index contributed by atoms with van der Waals surface area (Å²) in [5, 5.41) is 14.7. The minimum atomic E-state index is -1.12. The van der Waals surface area contributed by atoms with Crippen molar-refractivity contribution in [2.24, 2.45) is 0 Å². The first-order valence-electron chi connectivity index (χ1n) is 5.21. The molecule has 1 amide bonds. The third-order valence-corrected chi connectivity index (χ3v) is 1.92. The minimum absolute atomic E-state index is 0.00630. The lowest BCUT2D eigenvalue weighted by atomic mass is 10.4. The van der Waals surface area contributed by atoms with Crippen LogP contribution in [0.5, 0.6) is 0 Å². The third kappa shape index (κ3) is 4.24. The smallest absolute Gasteiger partial charge is 0.338 e. The zero-order valence-corrected chi connectivity index (χ0v) is 9.75. The van der Waals surface area contributed by atoms with Crippen LogP contribution in [0.4, 0.5) is 0 Å². The van der Waals surface area contributed by atoms with E-state index in [0.717, 1.165) is 6.20 Å². The number of nitrogens with zero attached hydrogens (tertiary/aromatic N) is 2. The fourth-order valence-corrected chi connectivity index (χ4v) is 1.15. The van der Waals surface area contributed by atoms with E-state index in [1.807, 2.05) is 0 Å². The number of carboxylic acid groups (broad SMARTS) is 1. The Morgan fingerprint density at radius 1 is 1.50 bits per heavy atom. The summed E-state index contributed by atoms with van der Waals surface area (Å²) in [5.74, 6) is -2.10. The van der Waals surface area contributed by atoms with Gasteiger partial charge >= 0.3 is 11.9 Å². The summed E-state index contributed by atoms with van der Waals surface area (Å²) in [5.41, 5.74) is -0.00630. The Morgan fingerprint density at radius 2 is 2.22 bits per heavy atom. The van der Waals surface area contributed by atoms with Crippen molar-refractivity contribution < 1.29 is 24.2 Å². The number of carboxylic acids is 1. The molecule has 8 heteroatoms. The fraction of sp³-hybridized carbons (Fsp3) is 0.400. The van der Waals surface area contributed by atoms with Crippen LogP contribution in [0.3, 0.4) is 0 Å². The number of carbonyl (C=O) groups is 3. The second kappa shape index (κ2) is 6.38. The number of ether oxygens (including phenoxy) is 1. The quantitative estimate of drug-likeness (QED) is 0.648. The average molecular weight is 255 g/mol. The molecule has 2 N–H and O–H groups in total. The minimum Gasteiger partial charge on any atom is -0.478 e. The van der Waals surface area contributed by atoms with Crippen molar-refractivity contribution in [2.75, 3.05) is 13.2 Å². The van der Waals surface area contributed by atoms with E-state index in [-0.39, 0.29) is 25.3 Å². The normalized spacial score (nSPS) is 9.83. The van der Waals surface area contributed by atoms with Crippen molar-refractivity contribution in [1.29, 1.82) is 0 Å². The lowest BCUT2D eigenvalue weighted by molar-refractivity contribution is -0.143. The van der Waals surface area contributed by atoms with Crippen LogP contribution in [0.1, 0.15) is 17.3 Å². The highest BCUT2D eigenvalue weighted by molar-refractivity contribution is 5.87. The van der Waals surface area contributed by atoms with Crippen LogP contribution in [0.25, 0.3) is 0 Å². The van der Waals surface area contributed by atoms with Crippen molar-refractivity contribution in [1.82, 2.24) is 15.1 Å². The van der Waals surface area contributed by atoms with Crippen molar-refractivity contribution >= 4 is 17.8 Å². The van der Waals surface area contributed by atoms with E-state index in [1.54, 1.807) is 6.92 Å². The molecule has 0 fully saturated rings. The largest absolute Gasteiger partial charge is 0.478 e. The van der Waals surface area contributed by atoms with Crippen molar-refractivity contribution in [3.05, 3.63) is 18.0 Å². The summed E-state index contributed by atoms with van der Waals surface area (Å²) in [6, 6.07) is 0. The number of rotatable bonds is 6. The molecule has 0 saturated carbocycles. The molecule has 8 nitrogen and oxygen atoms in total. The lowest BCUT2D eigenvalue weighted by Crippen LogP contribution is -2.33. The molecule has 1 aromatic heterocycles. The number of carbonyl (C=O) groups excluding carboxylic acids is 2. The monoisotopic (exact) mass is 255 g/mol. The van der Waals surface area contributed by atoms with E-state index in [0.29, 0.717) is 0 Å². The standard InChI is InChI=1S/C10H13N3O5/c1-2-18-9(15)4-11-8(14)6-13-5-7(3-12-13)10(16)17/h3,5H,2,4,6H2,1H3,(H,11,14)(H,16,17). The number of nitrogens with one attached hydrogen (secondary N) is 1. The van der Waals surface area contributed by atoms with Crippen molar-refractivity contribution in [3.63, 3.8) is 0 Å². The lowest BCUT2D eigenvalue weighted by Gasteiger charge is -2.04. The van der Waals surface area contributed by atoms with E-state index in [2.05, 4.69) is 15.2 Å². The van der Waals surface area contributed by atoms with Gasteiger partial charge in [-0.15, -0.1) is 0 Å². The Morgan fingerprint density at radius 3 is 2.78 bits per heavy atom. The number of hydrogen-bond acceptors (Lipinski definition) is 5. The van der Waals surface area contributed by atoms with Crippen LogP contribution < -0.4 is 5.32 Å². The molecule has 0 spiro atoms. The van der Waals surface area contributed by atoms with Gasteiger partial charge in [-0.3, -0.25) is 14.3 Å². The molecule has 0 unspecified atom stereocenters. The van der Waals surface area contributed by atoms with E-state index in [9.17, 15) is 14.4 Å². The van der Waals surface area contributed by atoms with Gasteiger partial charge in [0.05, 0.1) is 18.4 Å². The molecule has 0 aliphatic heterocycles. The SMILES string of the molecule is CCOC(=O)CNC(=O)Cn1cc(C(=O)O)cn1. The first-order chi connectivity index (χ1) is 8.52. The molecule has 1 heterocycles. The zero-order chi connectivity index (χ0) is 13.5. The Labute approximate surface area is 103 Å². The second-order valence-corrected chi connectivity index (χ2v) is 3.31. The molecular weight excluding hydrogens is 242 g/mol. The number of amides is 1. The van der Waals surface area contributed by atoms with Gasteiger partial charge in [-0.1, -0.05) is 0 Å². The summed E-state index contributed by atoms with van der Waals surface area (Å²) in [4.78, 5) is 32.9. The van der Waals surface area contributed by atoms with Crippen molar-refractivity contribution in [2.45, 2.75) is 13.5 Å². The highest BCUT2D eigenvalue weighted by Gasteiger charge is 2.10. The van der Waals surface area contributed by atoms with Crippen molar-refractivity contribution in [3.8, 4) is 0 Å². The summed E-state index contributed by atoms with van der Waals surface area (Å²) in [7, 11) is 0. The first-order valence-corrected chi connectivity index (χ1v) is 5.21. The third-order valence-electron chi connectivity index (χ3n) is 1.92. The summed E-state index contributed by atoms with van der Waals surface area (Å²) < 4.78 is 5.79. The highest BCUT2D eigenvalue weighted by Crippen LogP contribution is 1.96. The van der Waals surface area contributed by atoms with E-state index >= 15 is 0 Å². The molecule has 1 rings (SSSR count). The first kappa shape index (κ1) is 13.7. The van der Waals surface area contributed by atoms with Crippen LogP contribution in [0.2, 0.25) is 0 Å². The topological polar surface area (TPSA) is 111 Å². The summed E-state index contributed by atoms with van der Waals surface area (Å²) >= 11 is 0. The van der Waals surface area contributed by atoms with Gasteiger partial charge in [0.2, 0.25) is 5.91 Å². The average Bonchev–Trinajstić information content (AvgIpc) is 2.75. The number of aromatic carboxylic acids is 1. The predicted octanol–water partition coefficient (Wildman–Crippen LogP) is -0.739. The molecule has 1 aromatic rings. The Balaban J connectivity index is 2.39. The van der Waals surface area contributed by atoms with Gasteiger partial charge < -0.3 is 15.2 Å². The summed E-state index contributed by atoms with van der Waals surface area (Å²) in [6.07, 6.45) is 2.37. The molecular formula is C10H13N3O5. The molecule has 98 valence electrons. The van der Waals surface area contributed by atoms with E-state index in [4.69, 9.17) is 5.11 Å². The predicted molar refractivity (Wildman–Crippen MR) is 58.8 cm³/mol. The molecule has 0 aliphatic rings. The van der Waals surface area contributed by atoms with Crippen LogP contribution in [0, 0.1) is 0 Å². The summed E-state index contributed by atoms with van der Waals surface area (Å²) in [6.45, 7) is 1.53.